The molecule has 0 atom stereocenters. The molecule has 8 heteroatoms. The number of piperidine rings is 1. The minimum atomic E-state index is -0.305. The lowest BCUT2D eigenvalue weighted by Crippen LogP contribution is -2.46. The number of likely N-dealkylation sites (tertiary alicyclic amines) is 1. The fraction of sp³-hybridized carbons (Fsp3) is 0.292. The van der Waals surface area contributed by atoms with E-state index in [0.29, 0.717) is 48.7 Å². The molecule has 2 N–H and O–H groups in total. The molecule has 2 heterocycles. The Morgan fingerprint density at radius 2 is 1.94 bits per heavy atom. The molecule has 166 valence electrons. The van der Waals surface area contributed by atoms with Crippen molar-refractivity contribution in [2.75, 3.05) is 25.0 Å². The zero-order valence-corrected chi connectivity index (χ0v) is 18.6. The van der Waals surface area contributed by atoms with Crippen LogP contribution in [-0.2, 0) is 9.53 Å². The molecule has 0 radical (unpaired) electrons. The number of fused-ring (bicyclic) bond motifs is 1. The van der Waals surface area contributed by atoms with Gasteiger partial charge in [-0.05, 0) is 49.6 Å². The van der Waals surface area contributed by atoms with E-state index in [1.165, 1.54) is 11.8 Å². The molecule has 0 unspecified atom stereocenters. The summed E-state index contributed by atoms with van der Waals surface area (Å²) >= 11 is 1.39. The SMILES string of the molecule is CCOC(=O)N1CCC(NC(=O)c2ccc3c(c2)NC(=O)/C(=C/c2ccccc2)S3)CC1. The highest BCUT2D eigenvalue weighted by Crippen LogP contribution is 2.39. The van der Waals surface area contributed by atoms with Crippen molar-refractivity contribution in [3.05, 3.63) is 64.6 Å². The van der Waals surface area contributed by atoms with Crippen LogP contribution < -0.4 is 10.6 Å². The third-order valence-electron chi connectivity index (χ3n) is 5.39. The first-order valence-corrected chi connectivity index (χ1v) is 11.5. The van der Waals surface area contributed by atoms with Gasteiger partial charge in [-0.25, -0.2) is 4.79 Å². The number of hydrogen-bond donors (Lipinski definition) is 2. The number of anilines is 1. The Labute approximate surface area is 191 Å². The minimum absolute atomic E-state index is 0.00594. The molecule has 0 bridgehead atoms. The average molecular weight is 452 g/mol. The molecule has 4 rings (SSSR count). The summed E-state index contributed by atoms with van der Waals surface area (Å²) in [6.07, 6.45) is 2.90. The number of hydrogen-bond acceptors (Lipinski definition) is 5. The van der Waals surface area contributed by atoms with Crippen LogP contribution in [0.15, 0.2) is 58.3 Å². The number of amides is 3. The Morgan fingerprint density at radius 1 is 1.19 bits per heavy atom. The zero-order chi connectivity index (χ0) is 22.5. The summed E-state index contributed by atoms with van der Waals surface area (Å²) in [4.78, 5) is 40.3. The van der Waals surface area contributed by atoms with Gasteiger partial charge in [0.2, 0.25) is 0 Å². The standard InChI is InChI=1S/C24H25N3O4S/c1-2-31-24(30)27-12-10-18(11-13-27)25-22(28)17-8-9-20-19(15-17)26-23(29)21(32-20)14-16-6-4-3-5-7-16/h3-9,14-15,18H,2,10-13H2,1H3,(H,25,28)(H,26,29)/b21-14-. The van der Waals surface area contributed by atoms with Gasteiger partial charge in [-0.3, -0.25) is 9.59 Å². The number of carbonyl (C=O) groups excluding carboxylic acids is 3. The number of carbonyl (C=O) groups is 3. The van der Waals surface area contributed by atoms with Gasteiger partial charge in [-0.1, -0.05) is 42.1 Å². The summed E-state index contributed by atoms with van der Waals surface area (Å²) in [6.45, 7) is 3.24. The van der Waals surface area contributed by atoms with Crippen molar-refractivity contribution in [3.63, 3.8) is 0 Å². The van der Waals surface area contributed by atoms with Crippen LogP contribution in [0.5, 0.6) is 0 Å². The van der Waals surface area contributed by atoms with E-state index in [2.05, 4.69) is 10.6 Å². The third-order valence-corrected chi connectivity index (χ3v) is 6.49. The highest BCUT2D eigenvalue weighted by Gasteiger charge is 2.26. The van der Waals surface area contributed by atoms with Crippen LogP contribution in [-0.4, -0.2) is 48.5 Å². The van der Waals surface area contributed by atoms with E-state index in [1.807, 2.05) is 42.5 Å². The van der Waals surface area contributed by atoms with Gasteiger partial charge in [0.05, 0.1) is 17.2 Å². The number of rotatable bonds is 4. The van der Waals surface area contributed by atoms with Gasteiger partial charge >= 0.3 is 6.09 Å². The van der Waals surface area contributed by atoms with Gasteiger partial charge in [0.25, 0.3) is 11.8 Å². The smallest absolute Gasteiger partial charge is 0.409 e. The van der Waals surface area contributed by atoms with E-state index in [-0.39, 0.29) is 23.9 Å². The predicted molar refractivity (Wildman–Crippen MR) is 124 cm³/mol. The second-order valence-corrected chi connectivity index (χ2v) is 8.70. The average Bonchev–Trinajstić information content (AvgIpc) is 2.80. The summed E-state index contributed by atoms with van der Waals surface area (Å²) in [7, 11) is 0. The molecular formula is C24H25N3O4S. The van der Waals surface area contributed by atoms with E-state index >= 15 is 0 Å². The molecule has 2 aliphatic rings. The van der Waals surface area contributed by atoms with Crippen LogP contribution >= 0.6 is 11.8 Å². The number of nitrogens with zero attached hydrogens (tertiary/aromatic N) is 1. The van der Waals surface area contributed by atoms with Crippen LogP contribution in [0.2, 0.25) is 0 Å². The molecule has 2 aromatic carbocycles. The molecule has 0 aromatic heterocycles. The van der Waals surface area contributed by atoms with E-state index < -0.39 is 0 Å². The van der Waals surface area contributed by atoms with Crippen LogP contribution in [0.3, 0.4) is 0 Å². The molecule has 1 fully saturated rings. The lowest BCUT2D eigenvalue weighted by molar-refractivity contribution is -0.112. The Bertz CT molecular complexity index is 1050. The van der Waals surface area contributed by atoms with Crippen molar-refractivity contribution in [3.8, 4) is 0 Å². The van der Waals surface area contributed by atoms with Gasteiger partial charge < -0.3 is 20.3 Å². The molecule has 2 aromatic rings. The number of thioether (sulfide) groups is 1. The van der Waals surface area contributed by atoms with E-state index in [4.69, 9.17) is 4.74 Å². The summed E-state index contributed by atoms with van der Waals surface area (Å²) in [5, 5.41) is 5.93. The van der Waals surface area contributed by atoms with Crippen molar-refractivity contribution in [1.29, 1.82) is 0 Å². The molecular weight excluding hydrogens is 426 g/mol. The summed E-state index contributed by atoms with van der Waals surface area (Å²) in [6, 6.07) is 15.0. The van der Waals surface area contributed by atoms with Crippen LogP contribution in [0.25, 0.3) is 6.08 Å². The highest BCUT2D eigenvalue weighted by molar-refractivity contribution is 8.04. The van der Waals surface area contributed by atoms with Crippen molar-refractivity contribution in [2.24, 2.45) is 0 Å². The maximum absolute atomic E-state index is 12.8. The fourth-order valence-electron chi connectivity index (χ4n) is 3.69. The Kier molecular flexibility index (Phi) is 6.80. The molecule has 1 saturated heterocycles. The summed E-state index contributed by atoms with van der Waals surface area (Å²) in [5.74, 6) is -0.373. The van der Waals surface area contributed by atoms with E-state index in [0.717, 1.165) is 10.5 Å². The van der Waals surface area contributed by atoms with Crippen LogP contribution in [0.1, 0.15) is 35.7 Å². The van der Waals surface area contributed by atoms with Crippen molar-refractivity contribution < 1.29 is 19.1 Å². The second-order valence-electron chi connectivity index (χ2n) is 7.62. The lowest BCUT2D eigenvalue weighted by atomic mass is 10.0. The number of ether oxygens (including phenoxy) is 1. The second kappa shape index (κ2) is 9.91. The first-order valence-electron chi connectivity index (χ1n) is 10.7. The molecule has 2 aliphatic heterocycles. The van der Waals surface area contributed by atoms with E-state index in [9.17, 15) is 14.4 Å². The molecule has 7 nitrogen and oxygen atoms in total. The Balaban J connectivity index is 1.38. The topological polar surface area (TPSA) is 87.7 Å². The van der Waals surface area contributed by atoms with Crippen LogP contribution in [0.4, 0.5) is 10.5 Å². The maximum atomic E-state index is 12.8. The first kappa shape index (κ1) is 22.0. The number of benzene rings is 2. The third kappa shape index (κ3) is 5.13. The van der Waals surface area contributed by atoms with Gasteiger partial charge in [0.15, 0.2) is 0 Å². The first-order chi connectivity index (χ1) is 15.5. The maximum Gasteiger partial charge on any atom is 0.409 e. The zero-order valence-electron chi connectivity index (χ0n) is 17.8. The normalized spacial score (nSPS) is 17.5. The van der Waals surface area contributed by atoms with Gasteiger partial charge in [0, 0.05) is 29.6 Å². The molecule has 0 aliphatic carbocycles. The molecule has 0 spiro atoms. The quantitative estimate of drug-likeness (QED) is 0.683. The monoisotopic (exact) mass is 451 g/mol. The predicted octanol–water partition coefficient (Wildman–Crippen LogP) is 4.12. The van der Waals surface area contributed by atoms with Gasteiger partial charge in [-0.2, -0.15) is 0 Å². The van der Waals surface area contributed by atoms with Crippen molar-refractivity contribution >= 4 is 41.4 Å². The van der Waals surface area contributed by atoms with Crippen molar-refractivity contribution in [2.45, 2.75) is 30.7 Å². The van der Waals surface area contributed by atoms with Gasteiger partial charge in [0.1, 0.15) is 0 Å². The lowest BCUT2D eigenvalue weighted by Gasteiger charge is -2.31. The number of nitrogens with one attached hydrogen (secondary N) is 2. The Hall–Kier alpha value is -3.26. The largest absolute Gasteiger partial charge is 0.450 e. The molecule has 0 saturated carbocycles. The minimum Gasteiger partial charge on any atom is -0.450 e. The highest BCUT2D eigenvalue weighted by atomic mass is 32.2. The summed E-state index contributed by atoms with van der Waals surface area (Å²) < 4.78 is 5.03. The van der Waals surface area contributed by atoms with E-state index in [1.54, 1.807) is 24.0 Å². The summed E-state index contributed by atoms with van der Waals surface area (Å²) in [5.41, 5.74) is 2.08. The van der Waals surface area contributed by atoms with Crippen molar-refractivity contribution in [1.82, 2.24) is 10.2 Å². The van der Waals surface area contributed by atoms with Crippen LogP contribution in [0, 0.1) is 0 Å². The molecule has 32 heavy (non-hydrogen) atoms. The van der Waals surface area contributed by atoms with Gasteiger partial charge in [-0.15, -0.1) is 0 Å². The fourth-order valence-corrected chi connectivity index (χ4v) is 4.62. The molecule has 3 amide bonds. The Morgan fingerprint density at radius 3 is 2.66 bits per heavy atom.